The van der Waals surface area contributed by atoms with Crippen molar-refractivity contribution in [3.63, 3.8) is 0 Å². The summed E-state index contributed by atoms with van der Waals surface area (Å²) in [5, 5.41) is 0. The molecule has 0 unspecified atom stereocenters. The third-order valence-electron chi connectivity index (χ3n) is 3.66. The van der Waals surface area contributed by atoms with Crippen LogP contribution in [0.4, 0.5) is 4.79 Å². The van der Waals surface area contributed by atoms with Gasteiger partial charge in [0.05, 0.1) is 5.69 Å². The van der Waals surface area contributed by atoms with Gasteiger partial charge in [0.25, 0.3) is 0 Å². The standard InChI is InChI=1S/C16H25N3O2/c1-11-10-17-12(2)18-14(11)13-6-8-19(9-7-13)15(20)21-16(3,4)5/h10,13H,6-9H2,1-5H3. The molecule has 0 bridgehead atoms. The smallest absolute Gasteiger partial charge is 0.410 e. The van der Waals surface area contributed by atoms with E-state index in [0.29, 0.717) is 5.92 Å². The molecule has 1 saturated heterocycles. The SMILES string of the molecule is Cc1ncc(C)c(C2CCN(C(=O)OC(C)(C)C)CC2)n1. The molecule has 116 valence electrons. The Morgan fingerprint density at radius 1 is 1.29 bits per heavy atom. The highest BCUT2D eigenvalue weighted by Crippen LogP contribution is 2.29. The molecule has 2 rings (SSSR count). The molecule has 1 aliphatic rings. The van der Waals surface area contributed by atoms with Gasteiger partial charge >= 0.3 is 6.09 Å². The Morgan fingerprint density at radius 2 is 1.90 bits per heavy atom. The van der Waals surface area contributed by atoms with Gasteiger partial charge in [-0.25, -0.2) is 14.8 Å². The number of aromatic nitrogens is 2. The highest BCUT2D eigenvalue weighted by Gasteiger charge is 2.28. The molecule has 1 aromatic rings. The van der Waals surface area contributed by atoms with Crippen LogP contribution in [0.15, 0.2) is 6.20 Å². The van der Waals surface area contributed by atoms with E-state index in [1.54, 1.807) is 4.90 Å². The van der Waals surface area contributed by atoms with Crippen molar-refractivity contribution in [3.8, 4) is 0 Å². The Kier molecular flexibility index (Phi) is 4.49. The summed E-state index contributed by atoms with van der Waals surface area (Å²) in [6.07, 6.45) is 3.53. The Labute approximate surface area is 126 Å². The summed E-state index contributed by atoms with van der Waals surface area (Å²) in [5.74, 6) is 1.22. The van der Waals surface area contributed by atoms with Crippen LogP contribution in [0.5, 0.6) is 0 Å². The maximum absolute atomic E-state index is 12.1. The van der Waals surface area contributed by atoms with E-state index in [0.717, 1.165) is 43.0 Å². The minimum atomic E-state index is -0.436. The van der Waals surface area contributed by atoms with Crippen LogP contribution in [0, 0.1) is 13.8 Å². The predicted molar refractivity (Wildman–Crippen MR) is 81.3 cm³/mol. The number of carbonyl (C=O) groups is 1. The number of amides is 1. The van der Waals surface area contributed by atoms with Gasteiger partial charge < -0.3 is 9.64 Å². The average molecular weight is 291 g/mol. The maximum Gasteiger partial charge on any atom is 0.410 e. The fraction of sp³-hybridized carbons (Fsp3) is 0.688. The van der Waals surface area contributed by atoms with Gasteiger partial charge in [-0.15, -0.1) is 0 Å². The van der Waals surface area contributed by atoms with Crippen molar-refractivity contribution in [1.29, 1.82) is 0 Å². The van der Waals surface area contributed by atoms with Crippen LogP contribution in [0.3, 0.4) is 0 Å². The molecule has 0 aliphatic carbocycles. The summed E-state index contributed by atoms with van der Waals surface area (Å²) in [6.45, 7) is 11.1. The van der Waals surface area contributed by atoms with Crippen LogP contribution < -0.4 is 0 Å². The Bertz CT molecular complexity index is 515. The molecule has 0 spiro atoms. The molecule has 0 N–H and O–H groups in total. The number of hydrogen-bond donors (Lipinski definition) is 0. The van der Waals surface area contributed by atoms with Gasteiger partial charge in [0.2, 0.25) is 0 Å². The molecular formula is C16H25N3O2. The van der Waals surface area contributed by atoms with Crippen LogP contribution in [0.1, 0.15) is 56.6 Å². The molecule has 0 atom stereocenters. The van der Waals surface area contributed by atoms with Crippen molar-refractivity contribution < 1.29 is 9.53 Å². The number of ether oxygens (including phenoxy) is 1. The summed E-state index contributed by atoms with van der Waals surface area (Å²) in [4.78, 5) is 22.7. The van der Waals surface area contributed by atoms with Crippen molar-refractivity contribution in [3.05, 3.63) is 23.3 Å². The van der Waals surface area contributed by atoms with Gasteiger partial charge in [-0.1, -0.05) is 0 Å². The fourth-order valence-electron chi connectivity index (χ4n) is 2.62. The first-order valence-corrected chi connectivity index (χ1v) is 7.54. The van der Waals surface area contributed by atoms with E-state index >= 15 is 0 Å². The monoisotopic (exact) mass is 291 g/mol. The van der Waals surface area contributed by atoms with Crippen molar-refractivity contribution >= 4 is 6.09 Å². The molecule has 0 aromatic carbocycles. The van der Waals surface area contributed by atoms with E-state index < -0.39 is 5.60 Å². The number of likely N-dealkylation sites (tertiary alicyclic amines) is 1. The number of rotatable bonds is 1. The molecule has 1 fully saturated rings. The van der Waals surface area contributed by atoms with Gasteiger partial charge in [0, 0.05) is 25.2 Å². The molecule has 2 heterocycles. The Morgan fingerprint density at radius 3 is 2.48 bits per heavy atom. The second kappa shape index (κ2) is 6.00. The number of aryl methyl sites for hydroxylation is 2. The summed E-state index contributed by atoms with van der Waals surface area (Å²) in [6, 6.07) is 0. The van der Waals surface area contributed by atoms with Gasteiger partial charge in [-0.2, -0.15) is 0 Å². The summed E-state index contributed by atoms with van der Waals surface area (Å²) < 4.78 is 5.42. The largest absolute Gasteiger partial charge is 0.444 e. The highest BCUT2D eigenvalue weighted by molar-refractivity contribution is 5.68. The Balaban J connectivity index is 1.97. The van der Waals surface area contributed by atoms with Crippen molar-refractivity contribution in [2.24, 2.45) is 0 Å². The Hall–Kier alpha value is -1.65. The number of piperidine rings is 1. The lowest BCUT2D eigenvalue weighted by Gasteiger charge is -2.33. The second-order valence-electron chi connectivity index (χ2n) is 6.73. The zero-order valence-corrected chi connectivity index (χ0v) is 13.6. The lowest BCUT2D eigenvalue weighted by molar-refractivity contribution is 0.0204. The van der Waals surface area contributed by atoms with Crippen molar-refractivity contribution in [2.75, 3.05) is 13.1 Å². The van der Waals surface area contributed by atoms with E-state index in [1.165, 1.54) is 0 Å². The topological polar surface area (TPSA) is 55.3 Å². The first-order valence-electron chi connectivity index (χ1n) is 7.54. The zero-order valence-electron chi connectivity index (χ0n) is 13.6. The molecular weight excluding hydrogens is 266 g/mol. The second-order valence-corrected chi connectivity index (χ2v) is 6.73. The maximum atomic E-state index is 12.1. The number of carbonyl (C=O) groups excluding carboxylic acids is 1. The molecule has 0 radical (unpaired) electrons. The third-order valence-corrected chi connectivity index (χ3v) is 3.66. The molecule has 5 nitrogen and oxygen atoms in total. The van der Waals surface area contributed by atoms with Crippen molar-refractivity contribution in [2.45, 2.75) is 59.0 Å². The van der Waals surface area contributed by atoms with Crippen molar-refractivity contribution in [1.82, 2.24) is 14.9 Å². The predicted octanol–water partition coefficient (Wildman–Crippen LogP) is 3.21. The summed E-state index contributed by atoms with van der Waals surface area (Å²) in [7, 11) is 0. The number of hydrogen-bond acceptors (Lipinski definition) is 4. The normalized spacial score (nSPS) is 16.9. The van der Waals surface area contributed by atoms with E-state index in [4.69, 9.17) is 4.74 Å². The molecule has 0 saturated carbocycles. The third kappa shape index (κ3) is 4.16. The molecule has 1 amide bonds. The van der Waals surface area contributed by atoms with E-state index in [1.807, 2.05) is 33.9 Å². The fourth-order valence-corrected chi connectivity index (χ4v) is 2.62. The molecule has 1 aliphatic heterocycles. The van der Waals surface area contributed by atoms with Crippen LogP contribution >= 0.6 is 0 Å². The van der Waals surface area contributed by atoms with Gasteiger partial charge in [0.15, 0.2) is 0 Å². The average Bonchev–Trinajstić information content (AvgIpc) is 2.40. The van der Waals surface area contributed by atoms with Gasteiger partial charge in [-0.05, 0) is 53.0 Å². The zero-order chi connectivity index (χ0) is 15.6. The molecule has 21 heavy (non-hydrogen) atoms. The van der Waals surface area contributed by atoms with Crippen LogP contribution in [-0.4, -0.2) is 39.7 Å². The van der Waals surface area contributed by atoms with Crippen LogP contribution in [0.25, 0.3) is 0 Å². The lowest BCUT2D eigenvalue weighted by atomic mass is 9.91. The quantitative estimate of drug-likeness (QED) is 0.797. The first kappa shape index (κ1) is 15.7. The van der Waals surface area contributed by atoms with Gasteiger partial charge in [-0.3, -0.25) is 0 Å². The lowest BCUT2D eigenvalue weighted by Crippen LogP contribution is -2.41. The summed E-state index contributed by atoms with van der Waals surface area (Å²) >= 11 is 0. The number of nitrogens with zero attached hydrogens (tertiary/aromatic N) is 3. The minimum absolute atomic E-state index is 0.212. The first-order chi connectivity index (χ1) is 9.76. The van der Waals surface area contributed by atoms with E-state index in [9.17, 15) is 4.79 Å². The summed E-state index contributed by atoms with van der Waals surface area (Å²) in [5.41, 5.74) is 1.83. The van der Waals surface area contributed by atoms with Crippen LogP contribution in [-0.2, 0) is 4.74 Å². The molecule has 5 heteroatoms. The van der Waals surface area contributed by atoms with E-state index in [-0.39, 0.29) is 6.09 Å². The molecule has 1 aromatic heterocycles. The highest BCUT2D eigenvalue weighted by atomic mass is 16.6. The van der Waals surface area contributed by atoms with E-state index in [2.05, 4.69) is 16.9 Å². The minimum Gasteiger partial charge on any atom is -0.444 e. The van der Waals surface area contributed by atoms with Gasteiger partial charge in [0.1, 0.15) is 11.4 Å². The van der Waals surface area contributed by atoms with Crippen LogP contribution in [0.2, 0.25) is 0 Å².